The molecular formula is C12H10BrNO. The van der Waals surface area contributed by atoms with E-state index in [-0.39, 0.29) is 5.91 Å². The molecule has 0 spiro atoms. The van der Waals surface area contributed by atoms with Crippen LogP contribution in [0.4, 0.5) is 5.69 Å². The van der Waals surface area contributed by atoms with Gasteiger partial charge in [0, 0.05) is 10.9 Å². The minimum atomic E-state index is 0.104. The van der Waals surface area contributed by atoms with E-state index in [9.17, 15) is 4.79 Å². The van der Waals surface area contributed by atoms with Crippen LogP contribution in [0.2, 0.25) is 0 Å². The van der Waals surface area contributed by atoms with Crippen molar-refractivity contribution in [3.63, 3.8) is 0 Å². The fraction of sp³-hybridized carbons (Fsp3) is 0.250. The maximum atomic E-state index is 11.7. The normalized spacial score (nSPS) is 14.7. The van der Waals surface area contributed by atoms with Crippen LogP contribution >= 0.6 is 15.9 Å². The molecule has 1 aromatic carbocycles. The molecule has 2 rings (SSSR count). The van der Waals surface area contributed by atoms with E-state index in [4.69, 9.17) is 6.42 Å². The van der Waals surface area contributed by atoms with E-state index < -0.39 is 0 Å². The van der Waals surface area contributed by atoms with Crippen LogP contribution < -0.4 is 4.90 Å². The SMILES string of the molecule is C#CCN1C(=O)CCc2cccc(Br)c21. The van der Waals surface area contributed by atoms with Crippen LogP contribution in [0.15, 0.2) is 22.7 Å². The molecule has 0 radical (unpaired) electrons. The number of benzene rings is 1. The molecule has 76 valence electrons. The molecule has 0 unspecified atom stereocenters. The Kier molecular flexibility index (Phi) is 2.79. The molecule has 0 aliphatic carbocycles. The third kappa shape index (κ3) is 1.78. The summed E-state index contributed by atoms with van der Waals surface area (Å²) in [5.41, 5.74) is 2.12. The number of hydrogen-bond acceptors (Lipinski definition) is 1. The second kappa shape index (κ2) is 4.08. The average molecular weight is 264 g/mol. The van der Waals surface area contributed by atoms with Gasteiger partial charge >= 0.3 is 0 Å². The number of anilines is 1. The van der Waals surface area contributed by atoms with Gasteiger partial charge in [0.2, 0.25) is 5.91 Å². The van der Waals surface area contributed by atoms with Crippen molar-refractivity contribution in [2.45, 2.75) is 12.8 Å². The smallest absolute Gasteiger partial charge is 0.228 e. The first-order valence-corrected chi connectivity index (χ1v) is 5.54. The number of para-hydroxylation sites is 1. The third-order valence-electron chi connectivity index (χ3n) is 2.50. The highest BCUT2D eigenvalue weighted by atomic mass is 79.9. The minimum absolute atomic E-state index is 0.104. The molecule has 0 aromatic heterocycles. The van der Waals surface area contributed by atoms with Crippen LogP contribution in [0.25, 0.3) is 0 Å². The van der Waals surface area contributed by atoms with Crippen molar-refractivity contribution in [2.24, 2.45) is 0 Å². The topological polar surface area (TPSA) is 20.3 Å². The number of fused-ring (bicyclic) bond motifs is 1. The molecule has 1 aliphatic heterocycles. The Morgan fingerprint density at radius 2 is 2.27 bits per heavy atom. The lowest BCUT2D eigenvalue weighted by Crippen LogP contribution is -2.35. The number of terminal acetylenes is 1. The molecule has 0 bridgehead atoms. The van der Waals surface area contributed by atoms with Gasteiger partial charge in [-0.15, -0.1) is 6.42 Å². The van der Waals surface area contributed by atoms with Crippen LogP contribution in [0.1, 0.15) is 12.0 Å². The largest absolute Gasteiger partial charge is 0.299 e. The standard InChI is InChI=1S/C12H10BrNO/c1-2-8-14-11(15)7-6-9-4-3-5-10(13)12(9)14/h1,3-5H,6-8H2. The van der Waals surface area contributed by atoms with Gasteiger partial charge < -0.3 is 0 Å². The Hall–Kier alpha value is -1.27. The van der Waals surface area contributed by atoms with Crippen molar-refractivity contribution in [3.05, 3.63) is 28.2 Å². The Bertz CT molecular complexity index is 447. The summed E-state index contributed by atoms with van der Waals surface area (Å²) in [5, 5.41) is 0. The predicted octanol–water partition coefficient (Wildman–Crippen LogP) is 2.36. The van der Waals surface area contributed by atoms with Gasteiger partial charge in [0.1, 0.15) is 0 Å². The molecule has 1 aromatic rings. The van der Waals surface area contributed by atoms with Crippen molar-refractivity contribution in [1.29, 1.82) is 0 Å². The molecule has 2 nitrogen and oxygen atoms in total. The van der Waals surface area contributed by atoms with Gasteiger partial charge in [-0.1, -0.05) is 18.1 Å². The summed E-state index contributed by atoms with van der Waals surface area (Å²) >= 11 is 3.46. The maximum Gasteiger partial charge on any atom is 0.228 e. The molecule has 0 saturated heterocycles. The number of carbonyl (C=O) groups excluding carboxylic acids is 1. The monoisotopic (exact) mass is 263 g/mol. The molecule has 0 atom stereocenters. The van der Waals surface area contributed by atoms with Crippen molar-refractivity contribution in [3.8, 4) is 12.3 Å². The minimum Gasteiger partial charge on any atom is -0.299 e. The summed E-state index contributed by atoms with van der Waals surface area (Å²) in [5.74, 6) is 2.62. The van der Waals surface area contributed by atoms with Crippen LogP contribution in [0, 0.1) is 12.3 Å². The van der Waals surface area contributed by atoms with E-state index in [1.54, 1.807) is 4.90 Å². The lowest BCUT2D eigenvalue weighted by molar-refractivity contribution is -0.118. The quantitative estimate of drug-likeness (QED) is 0.713. The molecule has 1 amide bonds. The van der Waals surface area contributed by atoms with Gasteiger partial charge in [-0.25, -0.2) is 0 Å². The van der Waals surface area contributed by atoms with E-state index in [0.717, 1.165) is 16.6 Å². The second-order valence-corrected chi connectivity index (χ2v) is 4.29. The van der Waals surface area contributed by atoms with Crippen molar-refractivity contribution < 1.29 is 4.79 Å². The molecule has 1 aliphatic rings. The summed E-state index contributed by atoms with van der Waals surface area (Å²) in [4.78, 5) is 13.4. The van der Waals surface area contributed by atoms with Gasteiger partial charge in [0.05, 0.1) is 12.2 Å². The van der Waals surface area contributed by atoms with Crippen molar-refractivity contribution >= 4 is 27.5 Å². The highest BCUT2D eigenvalue weighted by Crippen LogP contribution is 2.34. The first kappa shape index (κ1) is 10.3. The fourth-order valence-corrected chi connectivity index (χ4v) is 2.45. The Morgan fingerprint density at radius 1 is 1.47 bits per heavy atom. The van der Waals surface area contributed by atoms with Gasteiger partial charge in [0.15, 0.2) is 0 Å². The number of nitrogens with zero attached hydrogens (tertiary/aromatic N) is 1. The number of halogens is 1. The van der Waals surface area contributed by atoms with E-state index in [1.807, 2.05) is 18.2 Å². The first-order chi connectivity index (χ1) is 7.24. The van der Waals surface area contributed by atoms with Gasteiger partial charge in [-0.3, -0.25) is 9.69 Å². The molecule has 0 N–H and O–H groups in total. The van der Waals surface area contributed by atoms with E-state index >= 15 is 0 Å². The molecule has 0 fully saturated rings. The number of amides is 1. The highest BCUT2D eigenvalue weighted by Gasteiger charge is 2.24. The van der Waals surface area contributed by atoms with Gasteiger partial charge in [0.25, 0.3) is 0 Å². The summed E-state index contributed by atoms with van der Waals surface area (Å²) in [6, 6.07) is 5.95. The van der Waals surface area contributed by atoms with E-state index in [1.165, 1.54) is 5.56 Å². The molecular weight excluding hydrogens is 254 g/mol. The Balaban J connectivity index is 2.51. The van der Waals surface area contributed by atoms with Crippen LogP contribution in [-0.4, -0.2) is 12.5 Å². The number of rotatable bonds is 1. The zero-order valence-electron chi connectivity index (χ0n) is 8.16. The summed E-state index contributed by atoms with van der Waals surface area (Å²) in [6.07, 6.45) is 6.62. The van der Waals surface area contributed by atoms with Gasteiger partial charge in [-0.2, -0.15) is 0 Å². The van der Waals surface area contributed by atoms with Crippen LogP contribution in [0.3, 0.4) is 0 Å². The average Bonchev–Trinajstić information content (AvgIpc) is 2.23. The summed E-state index contributed by atoms with van der Waals surface area (Å²) in [7, 11) is 0. The van der Waals surface area contributed by atoms with Crippen molar-refractivity contribution in [1.82, 2.24) is 0 Å². The third-order valence-corrected chi connectivity index (χ3v) is 3.14. The zero-order chi connectivity index (χ0) is 10.8. The van der Waals surface area contributed by atoms with Crippen molar-refractivity contribution in [2.75, 3.05) is 11.4 Å². The van der Waals surface area contributed by atoms with E-state index in [2.05, 4.69) is 21.9 Å². The molecule has 15 heavy (non-hydrogen) atoms. The Labute approximate surface area is 97.4 Å². The Morgan fingerprint density at radius 3 is 3.00 bits per heavy atom. The van der Waals surface area contributed by atoms with Crippen LogP contribution in [-0.2, 0) is 11.2 Å². The van der Waals surface area contributed by atoms with E-state index in [0.29, 0.717) is 13.0 Å². The zero-order valence-corrected chi connectivity index (χ0v) is 9.75. The second-order valence-electron chi connectivity index (χ2n) is 3.43. The summed E-state index contributed by atoms with van der Waals surface area (Å²) < 4.78 is 0.934. The summed E-state index contributed by atoms with van der Waals surface area (Å²) in [6.45, 7) is 0.342. The number of carbonyl (C=O) groups is 1. The molecule has 1 heterocycles. The lowest BCUT2D eigenvalue weighted by Gasteiger charge is -2.28. The van der Waals surface area contributed by atoms with Crippen LogP contribution in [0.5, 0.6) is 0 Å². The maximum absolute atomic E-state index is 11.7. The number of hydrogen-bond donors (Lipinski definition) is 0. The highest BCUT2D eigenvalue weighted by molar-refractivity contribution is 9.10. The number of aryl methyl sites for hydroxylation is 1. The fourth-order valence-electron chi connectivity index (χ4n) is 1.82. The van der Waals surface area contributed by atoms with Gasteiger partial charge in [-0.05, 0) is 34.0 Å². The molecule has 0 saturated carbocycles. The molecule has 3 heteroatoms. The predicted molar refractivity (Wildman–Crippen MR) is 63.6 cm³/mol. The lowest BCUT2D eigenvalue weighted by atomic mass is 10.0. The first-order valence-electron chi connectivity index (χ1n) is 4.75.